The van der Waals surface area contributed by atoms with Gasteiger partial charge in [0.15, 0.2) is 0 Å². The van der Waals surface area contributed by atoms with Gasteiger partial charge in [-0.3, -0.25) is 5.43 Å². The van der Waals surface area contributed by atoms with Crippen LogP contribution in [0.4, 0.5) is 0 Å². The molecule has 1 unspecified atom stereocenters. The normalized spacial score (nSPS) is 18.2. The zero-order valence-corrected chi connectivity index (χ0v) is 11.5. The topological polar surface area (TPSA) is 54.0 Å². The Morgan fingerprint density at radius 2 is 2.11 bits per heavy atom. The van der Waals surface area contributed by atoms with E-state index >= 15 is 0 Å². The van der Waals surface area contributed by atoms with Crippen molar-refractivity contribution >= 4 is 11.6 Å². The lowest BCUT2D eigenvalue weighted by Gasteiger charge is -2.28. The summed E-state index contributed by atoms with van der Waals surface area (Å²) < 4.78 is 10.7. The minimum atomic E-state index is -0.584. The molecule has 0 aliphatic carbocycles. The van der Waals surface area contributed by atoms with E-state index in [4.69, 9.17) is 21.1 Å². The van der Waals surface area contributed by atoms with Gasteiger partial charge in [0.2, 0.25) is 0 Å². The second kappa shape index (κ2) is 7.67. The molecule has 2 rings (SSSR count). The molecule has 1 saturated heterocycles. The maximum absolute atomic E-state index is 9.84. The van der Waals surface area contributed by atoms with Crippen LogP contribution in [0.3, 0.4) is 0 Å². The highest BCUT2D eigenvalue weighted by molar-refractivity contribution is 6.32. The third-order valence-electron chi connectivity index (χ3n) is 2.83. The number of hydrazine groups is 1. The number of hydrogen-bond acceptors (Lipinski definition) is 5. The van der Waals surface area contributed by atoms with Crippen LogP contribution in [0.2, 0.25) is 5.02 Å². The van der Waals surface area contributed by atoms with Crippen LogP contribution in [0.5, 0.6) is 5.75 Å². The first-order valence-corrected chi connectivity index (χ1v) is 6.75. The van der Waals surface area contributed by atoms with Gasteiger partial charge in [-0.05, 0) is 12.1 Å². The monoisotopic (exact) mass is 286 g/mol. The highest BCUT2D eigenvalue weighted by atomic mass is 35.5. The minimum absolute atomic E-state index is 0.209. The molecule has 5 nitrogen and oxygen atoms in total. The van der Waals surface area contributed by atoms with E-state index in [2.05, 4.69) is 5.43 Å². The third-order valence-corrected chi connectivity index (χ3v) is 3.14. The lowest BCUT2D eigenvalue weighted by molar-refractivity contribution is -0.000786. The SMILES string of the molecule is OC(CNN1CCOCC1)COc1ccccc1Cl. The van der Waals surface area contributed by atoms with E-state index in [9.17, 15) is 5.11 Å². The number of nitrogens with one attached hydrogen (secondary N) is 1. The van der Waals surface area contributed by atoms with E-state index < -0.39 is 6.10 Å². The van der Waals surface area contributed by atoms with Crippen molar-refractivity contribution in [3.63, 3.8) is 0 Å². The molecule has 0 bridgehead atoms. The molecule has 0 radical (unpaired) electrons. The molecule has 1 aliphatic rings. The van der Waals surface area contributed by atoms with E-state index in [1.807, 2.05) is 17.1 Å². The van der Waals surface area contributed by atoms with Gasteiger partial charge in [-0.15, -0.1) is 0 Å². The number of benzene rings is 1. The summed E-state index contributed by atoms with van der Waals surface area (Å²) >= 11 is 5.96. The number of hydrogen-bond donors (Lipinski definition) is 2. The Labute approximate surface area is 118 Å². The number of nitrogens with zero attached hydrogens (tertiary/aromatic N) is 1. The molecule has 1 heterocycles. The molecule has 106 valence electrons. The fourth-order valence-electron chi connectivity index (χ4n) is 1.76. The van der Waals surface area contributed by atoms with Crippen LogP contribution in [0.15, 0.2) is 24.3 Å². The summed E-state index contributed by atoms with van der Waals surface area (Å²) in [4.78, 5) is 0. The largest absolute Gasteiger partial charge is 0.489 e. The molecule has 0 spiro atoms. The van der Waals surface area contributed by atoms with Crippen molar-refractivity contribution in [2.75, 3.05) is 39.5 Å². The first-order valence-electron chi connectivity index (χ1n) is 6.37. The molecule has 1 aromatic rings. The molecule has 1 atom stereocenters. The molecule has 1 aliphatic heterocycles. The molecule has 1 aromatic carbocycles. The summed E-state index contributed by atoms with van der Waals surface area (Å²) in [5.41, 5.74) is 3.16. The molecule has 0 aromatic heterocycles. The lowest BCUT2D eigenvalue weighted by Crippen LogP contribution is -2.48. The molecule has 6 heteroatoms. The Balaban J connectivity index is 1.66. The standard InChI is InChI=1S/C13H19ClN2O3/c14-12-3-1-2-4-13(12)19-10-11(17)9-15-16-5-7-18-8-6-16/h1-4,11,15,17H,5-10H2. The number of aliphatic hydroxyl groups is 1. The number of halogens is 1. The van der Waals surface area contributed by atoms with Crippen LogP contribution < -0.4 is 10.2 Å². The van der Waals surface area contributed by atoms with Crippen molar-refractivity contribution in [3.8, 4) is 5.75 Å². The van der Waals surface area contributed by atoms with Gasteiger partial charge < -0.3 is 14.6 Å². The van der Waals surface area contributed by atoms with Crippen molar-refractivity contribution in [1.82, 2.24) is 10.4 Å². The Kier molecular flexibility index (Phi) is 5.88. The Bertz CT molecular complexity index is 386. The van der Waals surface area contributed by atoms with Crippen molar-refractivity contribution in [2.24, 2.45) is 0 Å². The maximum atomic E-state index is 9.84. The summed E-state index contributed by atoms with van der Waals surface area (Å²) in [7, 11) is 0. The van der Waals surface area contributed by atoms with Crippen LogP contribution in [0, 0.1) is 0 Å². The number of ether oxygens (including phenoxy) is 2. The van der Waals surface area contributed by atoms with Crippen LogP contribution in [0.25, 0.3) is 0 Å². The fourth-order valence-corrected chi connectivity index (χ4v) is 1.95. The highest BCUT2D eigenvalue weighted by Crippen LogP contribution is 2.22. The van der Waals surface area contributed by atoms with E-state index in [0.29, 0.717) is 17.3 Å². The first kappa shape index (κ1) is 14.6. The van der Waals surface area contributed by atoms with E-state index in [0.717, 1.165) is 26.3 Å². The average molecular weight is 287 g/mol. The number of para-hydroxylation sites is 1. The summed E-state index contributed by atoms with van der Waals surface area (Å²) in [5, 5.41) is 12.4. The lowest BCUT2D eigenvalue weighted by atomic mass is 10.3. The number of rotatable bonds is 6. The second-order valence-electron chi connectivity index (χ2n) is 4.36. The van der Waals surface area contributed by atoms with E-state index in [1.165, 1.54) is 0 Å². The minimum Gasteiger partial charge on any atom is -0.489 e. The molecular formula is C13H19ClN2O3. The molecule has 0 saturated carbocycles. The summed E-state index contributed by atoms with van der Waals surface area (Å²) in [6.07, 6.45) is -0.584. The van der Waals surface area contributed by atoms with Gasteiger partial charge in [0.1, 0.15) is 18.5 Å². The Morgan fingerprint density at radius 3 is 2.84 bits per heavy atom. The summed E-state index contributed by atoms with van der Waals surface area (Å²) in [6.45, 7) is 3.76. The Morgan fingerprint density at radius 1 is 1.37 bits per heavy atom. The van der Waals surface area contributed by atoms with Gasteiger partial charge in [0.25, 0.3) is 0 Å². The highest BCUT2D eigenvalue weighted by Gasteiger charge is 2.12. The second-order valence-corrected chi connectivity index (χ2v) is 4.76. The predicted molar refractivity (Wildman–Crippen MR) is 73.3 cm³/mol. The quantitative estimate of drug-likeness (QED) is 0.814. The fraction of sp³-hybridized carbons (Fsp3) is 0.538. The molecule has 0 amide bonds. The average Bonchev–Trinajstić information content (AvgIpc) is 2.45. The maximum Gasteiger partial charge on any atom is 0.138 e. The van der Waals surface area contributed by atoms with Crippen LogP contribution in [-0.4, -0.2) is 55.7 Å². The van der Waals surface area contributed by atoms with Gasteiger partial charge >= 0.3 is 0 Å². The first-order chi connectivity index (χ1) is 9.25. The molecular weight excluding hydrogens is 268 g/mol. The Hall–Kier alpha value is -0.850. The predicted octanol–water partition coefficient (Wildman–Crippen LogP) is 0.917. The van der Waals surface area contributed by atoms with Crippen molar-refractivity contribution in [1.29, 1.82) is 0 Å². The van der Waals surface area contributed by atoms with Crippen molar-refractivity contribution in [3.05, 3.63) is 29.3 Å². The smallest absolute Gasteiger partial charge is 0.138 e. The van der Waals surface area contributed by atoms with Gasteiger partial charge in [0, 0.05) is 19.6 Å². The number of aliphatic hydroxyl groups excluding tert-OH is 1. The van der Waals surface area contributed by atoms with Gasteiger partial charge in [-0.2, -0.15) is 0 Å². The van der Waals surface area contributed by atoms with Crippen molar-refractivity contribution in [2.45, 2.75) is 6.10 Å². The number of morpholine rings is 1. The van der Waals surface area contributed by atoms with E-state index in [1.54, 1.807) is 12.1 Å². The molecule has 2 N–H and O–H groups in total. The summed E-state index contributed by atoms with van der Waals surface area (Å²) in [5.74, 6) is 0.592. The van der Waals surface area contributed by atoms with Gasteiger partial charge in [0.05, 0.1) is 18.2 Å². The van der Waals surface area contributed by atoms with Crippen LogP contribution >= 0.6 is 11.6 Å². The third kappa shape index (κ3) is 4.97. The molecule has 1 fully saturated rings. The van der Waals surface area contributed by atoms with Crippen molar-refractivity contribution < 1.29 is 14.6 Å². The van der Waals surface area contributed by atoms with Gasteiger partial charge in [-0.25, -0.2) is 5.01 Å². The zero-order valence-electron chi connectivity index (χ0n) is 10.7. The molecule has 19 heavy (non-hydrogen) atoms. The van der Waals surface area contributed by atoms with Crippen LogP contribution in [0.1, 0.15) is 0 Å². The summed E-state index contributed by atoms with van der Waals surface area (Å²) in [6, 6.07) is 7.23. The van der Waals surface area contributed by atoms with E-state index in [-0.39, 0.29) is 6.61 Å². The van der Waals surface area contributed by atoms with Gasteiger partial charge in [-0.1, -0.05) is 23.7 Å². The van der Waals surface area contributed by atoms with Crippen LogP contribution in [-0.2, 0) is 4.74 Å². The zero-order chi connectivity index (χ0) is 13.5.